The SMILES string of the molecule is CC.COC(=O)c1oc(C)c(B2OC(C)(C)C(C)(C)O2)c1C. The molecule has 2 rings (SSSR count). The van der Waals surface area contributed by atoms with Gasteiger partial charge >= 0.3 is 13.1 Å². The van der Waals surface area contributed by atoms with Crippen molar-refractivity contribution in [1.82, 2.24) is 0 Å². The van der Waals surface area contributed by atoms with Crippen molar-refractivity contribution in [3.8, 4) is 0 Å². The first-order valence-electron chi connectivity index (χ1n) is 7.64. The maximum absolute atomic E-state index is 11.7. The van der Waals surface area contributed by atoms with Gasteiger partial charge < -0.3 is 18.5 Å². The van der Waals surface area contributed by atoms with Gasteiger partial charge in [-0.25, -0.2) is 4.79 Å². The van der Waals surface area contributed by atoms with Gasteiger partial charge in [0.2, 0.25) is 5.76 Å². The molecule has 1 aliphatic heterocycles. The average molecular weight is 310 g/mol. The first-order valence-corrected chi connectivity index (χ1v) is 7.64. The van der Waals surface area contributed by atoms with E-state index in [9.17, 15) is 4.79 Å². The van der Waals surface area contributed by atoms with Crippen LogP contribution in [0.4, 0.5) is 0 Å². The fourth-order valence-corrected chi connectivity index (χ4v) is 2.26. The van der Waals surface area contributed by atoms with Crippen molar-refractivity contribution in [2.75, 3.05) is 7.11 Å². The van der Waals surface area contributed by atoms with E-state index in [1.807, 2.05) is 48.5 Å². The van der Waals surface area contributed by atoms with E-state index in [2.05, 4.69) is 0 Å². The Morgan fingerprint density at radius 1 is 1.05 bits per heavy atom. The van der Waals surface area contributed by atoms with Crippen LogP contribution in [0.2, 0.25) is 0 Å². The van der Waals surface area contributed by atoms with Gasteiger partial charge in [0.25, 0.3) is 0 Å². The van der Waals surface area contributed by atoms with Gasteiger partial charge in [-0.2, -0.15) is 0 Å². The quantitative estimate of drug-likeness (QED) is 0.621. The standard InChI is InChI=1S/C14H21BO5.C2H6/c1-8-10(9(2)18-11(8)12(16)17-7)15-19-13(3,4)14(5,6)20-15;1-2/h1-7H3;1-2H3. The summed E-state index contributed by atoms with van der Waals surface area (Å²) in [5.41, 5.74) is 0.607. The molecule has 0 aliphatic carbocycles. The molecule has 0 saturated carbocycles. The number of aryl methyl sites for hydroxylation is 1. The second-order valence-corrected chi connectivity index (χ2v) is 6.11. The van der Waals surface area contributed by atoms with E-state index in [0.29, 0.717) is 11.3 Å². The molecule has 1 saturated heterocycles. The minimum absolute atomic E-state index is 0.203. The van der Waals surface area contributed by atoms with Crippen LogP contribution < -0.4 is 5.46 Å². The van der Waals surface area contributed by atoms with Crippen molar-refractivity contribution in [2.45, 2.75) is 66.6 Å². The van der Waals surface area contributed by atoms with Crippen LogP contribution in [0.5, 0.6) is 0 Å². The lowest BCUT2D eigenvalue weighted by molar-refractivity contribution is 0.00578. The number of furan rings is 1. The Morgan fingerprint density at radius 2 is 1.50 bits per heavy atom. The fourth-order valence-electron chi connectivity index (χ4n) is 2.26. The molecule has 6 heteroatoms. The van der Waals surface area contributed by atoms with E-state index in [1.165, 1.54) is 7.11 Å². The Morgan fingerprint density at radius 3 is 1.91 bits per heavy atom. The van der Waals surface area contributed by atoms with Gasteiger partial charge in [0.1, 0.15) is 5.76 Å². The van der Waals surface area contributed by atoms with E-state index in [1.54, 1.807) is 6.92 Å². The topological polar surface area (TPSA) is 57.9 Å². The molecule has 5 nitrogen and oxygen atoms in total. The highest BCUT2D eigenvalue weighted by Gasteiger charge is 2.53. The lowest BCUT2D eigenvalue weighted by atomic mass is 9.76. The minimum Gasteiger partial charge on any atom is -0.463 e. The Kier molecular flexibility index (Phi) is 5.52. The molecule has 0 N–H and O–H groups in total. The first kappa shape index (κ1) is 18.8. The molecule has 1 aliphatic rings. The number of carbonyl (C=O) groups is 1. The zero-order valence-electron chi connectivity index (χ0n) is 15.1. The van der Waals surface area contributed by atoms with Gasteiger partial charge in [0.15, 0.2) is 0 Å². The molecule has 0 unspecified atom stereocenters. The largest absolute Gasteiger partial charge is 0.498 e. The van der Waals surface area contributed by atoms with Crippen LogP contribution in [-0.2, 0) is 14.0 Å². The van der Waals surface area contributed by atoms with Crippen molar-refractivity contribution in [3.63, 3.8) is 0 Å². The van der Waals surface area contributed by atoms with Crippen LogP contribution in [0.15, 0.2) is 4.42 Å². The van der Waals surface area contributed by atoms with Crippen LogP contribution in [0.1, 0.15) is 63.4 Å². The van der Waals surface area contributed by atoms with E-state index in [4.69, 9.17) is 18.5 Å². The normalized spacial score (nSPS) is 18.7. The average Bonchev–Trinajstić information content (AvgIpc) is 2.84. The number of carbonyl (C=O) groups excluding carboxylic acids is 1. The van der Waals surface area contributed by atoms with Gasteiger partial charge in [-0.15, -0.1) is 0 Å². The Bertz CT molecular complexity index is 529. The molecule has 0 spiro atoms. The van der Waals surface area contributed by atoms with Gasteiger partial charge in [-0.1, -0.05) is 13.8 Å². The van der Waals surface area contributed by atoms with E-state index < -0.39 is 24.3 Å². The number of hydrogen-bond acceptors (Lipinski definition) is 5. The third-order valence-electron chi connectivity index (χ3n) is 4.24. The van der Waals surface area contributed by atoms with E-state index >= 15 is 0 Å². The highest BCUT2D eigenvalue weighted by Crippen LogP contribution is 2.37. The molecule has 124 valence electrons. The summed E-state index contributed by atoms with van der Waals surface area (Å²) < 4.78 is 22.2. The second-order valence-electron chi connectivity index (χ2n) is 6.11. The molecule has 22 heavy (non-hydrogen) atoms. The van der Waals surface area contributed by atoms with Crippen molar-refractivity contribution in [3.05, 3.63) is 17.1 Å². The molecule has 0 amide bonds. The third kappa shape index (κ3) is 3.08. The summed E-state index contributed by atoms with van der Waals surface area (Å²) in [4.78, 5) is 11.7. The van der Waals surface area contributed by atoms with Crippen molar-refractivity contribution >= 4 is 18.6 Å². The lowest BCUT2D eigenvalue weighted by Gasteiger charge is -2.32. The molecule has 0 aromatic carbocycles. The highest BCUT2D eigenvalue weighted by molar-refractivity contribution is 6.63. The lowest BCUT2D eigenvalue weighted by Crippen LogP contribution is -2.41. The Labute approximate surface area is 133 Å². The number of hydrogen-bond donors (Lipinski definition) is 0. The van der Waals surface area contributed by atoms with Crippen LogP contribution in [0.25, 0.3) is 0 Å². The summed E-state index contributed by atoms with van der Waals surface area (Å²) >= 11 is 0. The summed E-state index contributed by atoms with van der Waals surface area (Å²) in [6.45, 7) is 15.5. The smallest absolute Gasteiger partial charge is 0.463 e. The highest BCUT2D eigenvalue weighted by atomic mass is 16.7. The van der Waals surface area contributed by atoms with Crippen LogP contribution in [0, 0.1) is 13.8 Å². The fraction of sp³-hybridized carbons (Fsp3) is 0.688. The van der Waals surface area contributed by atoms with Crippen molar-refractivity contribution < 1.29 is 23.3 Å². The summed E-state index contributed by atoms with van der Waals surface area (Å²) in [5, 5.41) is 0. The summed E-state index contributed by atoms with van der Waals surface area (Å²) in [6.07, 6.45) is 0. The zero-order chi connectivity index (χ0) is 17.3. The number of esters is 1. The summed E-state index contributed by atoms with van der Waals surface area (Å²) in [7, 11) is 0.788. The molecule has 1 aromatic heterocycles. The molecule has 0 bridgehead atoms. The number of ether oxygens (including phenoxy) is 1. The molecular weight excluding hydrogens is 283 g/mol. The monoisotopic (exact) mass is 310 g/mol. The van der Waals surface area contributed by atoms with Crippen LogP contribution >= 0.6 is 0 Å². The maximum Gasteiger partial charge on any atom is 0.498 e. The predicted molar refractivity (Wildman–Crippen MR) is 86.6 cm³/mol. The molecule has 0 radical (unpaired) electrons. The van der Waals surface area contributed by atoms with Gasteiger partial charge in [-0.05, 0) is 41.5 Å². The van der Waals surface area contributed by atoms with Crippen molar-refractivity contribution in [2.24, 2.45) is 0 Å². The molecule has 0 atom stereocenters. The molecule has 1 aromatic rings. The number of rotatable bonds is 2. The Hall–Kier alpha value is -1.27. The maximum atomic E-state index is 11.7. The Balaban J connectivity index is 0.00000116. The van der Waals surface area contributed by atoms with Crippen LogP contribution in [0.3, 0.4) is 0 Å². The third-order valence-corrected chi connectivity index (χ3v) is 4.24. The van der Waals surface area contributed by atoms with E-state index in [0.717, 1.165) is 5.46 Å². The summed E-state index contributed by atoms with van der Waals surface area (Å²) in [5.74, 6) is 0.324. The van der Waals surface area contributed by atoms with E-state index in [-0.39, 0.29) is 5.76 Å². The first-order chi connectivity index (χ1) is 10.1. The van der Waals surface area contributed by atoms with Crippen molar-refractivity contribution in [1.29, 1.82) is 0 Å². The van der Waals surface area contributed by atoms with Crippen LogP contribution in [-0.4, -0.2) is 31.4 Å². The second kappa shape index (κ2) is 6.46. The molecular formula is C16H27BO5. The molecule has 1 fully saturated rings. The minimum atomic E-state index is -0.540. The number of methoxy groups -OCH3 is 1. The zero-order valence-corrected chi connectivity index (χ0v) is 15.1. The van der Waals surface area contributed by atoms with Gasteiger partial charge in [-0.3, -0.25) is 0 Å². The van der Waals surface area contributed by atoms with Gasteiger partial charge in [0.05, 0.1) is 18.3 Å². The summed E-state index contributed by atoms with van der Waals surface area (Å²) in [6, 6.07) is 0. The molecule has 2 heterocycles. The van der Waals surface area contributed by atoms with Gasteiger partial charge in [0, 0.05) is 11.0 Å². The predicted octanol–water partition coefficient (Wildman–Crippen LogP) is 3.01.